The summed E-state index contributed by atoms with van der Waals surface area (Å²) in [6, 6.07) is 7.79. The Morgan fingerprint density at radius 2 is 2.33 bits per heavy atom. The van der Waals surface area contributed by atoms with Gasteiger partial charge in [0.1, 0.15) is 5.60 Å². The Morgan fingerprint density at radius 3 is 3.10 bits per heavy atom. The smallest absolute Gasteiger partial charge is 0.241 e. The van der Waals surface area contributed by atoms with Crippen LogP contribution in [0.1, 0.15) is 18.4 Å². The van der Waals surface area contributed by atoms with E-state index in [0.29, 0.717) is 13.2 Å². The molecule has 2 aliphatic rings. The number of anilines is 1. The topological polar surface area (TPSA) is 59.6 Å². The van der Waals surface area contributed by atoms with Crippen LogP contribution < -0.4 is 10.6 Å². The highest BCUT2D eigenvalue weighted by Crippen LogP contribution is 2.24. The molecule has 5 nitrogen and oxygen atoms in total. The van der Waals surface area contributed by atoms with E-state index in [1.807, 2.05) is 18.2 Å². The fourth-order valence-corrected chi connectivity index (χ4v) is 2.98. The third kappa shape index (κ3) is 3.10. The van der Waals surface area contributed by atoms with Crippen LogP contribution in [0.25, 0.3) is 0 Å². The molecule has 0 bridgehead atoms. The lowest BCUT2D eigenvalue weighted by molar-refractivity contribution is -0.118. The van der Waals surface area contributed by atoms with Crippen LogP contribution >= 0.6 is 0 Å². The predicted octanol–water partition coefficient (Wildman–Crippen LogP) is 1.33. The van der Waals surface area contributed by atoms with Gasteiger partial charge < -0.3 is 20.1 Å². The number of aryl methyl sites for hydroxylation is 1. The molecule has 2 atom stereocenters. The largest absolute Gasteiger partial charge is 0.378 e. The molecule has 0 aliphatic carbocycles. The molecular weight excluding hydrogens is 268 g/mol. The van der Waals surface area contributed by atoms with E-state index in [-0.39, 0.29) is 17.6 Å². The second kappa shape index (κ2) is 6.13. The van der Waals surface area contributed by atoms with Crippen LogP contribution in [0.15, 0.2) is 24.3 Å². The van der Waals surface area contributed by atoms with Crippen LogP contribution in [-0.2, 0) is 20.7 Å². The monoisotopic (exact) mass is 290 g/mol. The highest BCUT2D eigenvalue weighted by Gasteiger charge is 2.36. The van der Waals surface area contributed by atoms with Crippen molar-refractivity contribution in [1.82, 2.24) is 5.32 Å². The van der Waals surface area contributed by atoms with Crippen molar-refractivity contribution in [2.24, 2.45) is 0 Å². The fraction of sp³-hybridized carbons (Fsp3) is 0.562. The number of rotatable bonds is 4. The summed E-state index contributed by atoms with van der Waals surface area (Å²) in [6.45, 7) is 1.95. The number of amides is 1. The van der Waals surface area contributed by atoms with Gasteiger partial charge in [-0.3, -0.25) is 4.79 Å². The van der Waals surface area contributed by atoms with Crippen LogP contribution in [0.5, 0.6) is 0 Å². The first-order valence-corrected chi connectivity index (χ1v) is 7.47. The average Bonchev–Trinajstić information content (AvgIpc) is 2.91. The minimum atomic E-state index is -0.292. The lowest BCUT2D eigenvalue weighted by Crippen LogP contribution is -2.49. The summed E-state index contributed by atoms with van der Waals surface area (Å²) in [4.78, 5) is 12.3. The first kappa shape index (κ1) is 14.5. The van der Waals surface area contributed by atoms with E-state index in [0.717, 1.165) is 31.6 Å². The second-order valence-corrected chi connectivity index (χ2v) is 5.81. The van der Waals surface area contributed by atoms with Crippen LogP contribution in [0.2, 0.25) is 0 Å². The van der Waals surface area contributed by atoms with E-state index >= 15 is 0 Å². The fourth-order valence-electron chi connectivity index (χ4n) is 2.98. The normalized spacial score (nSPS) is 28.8. The van der Waals surface area contributed by atoms with E-state index in [4.69, 9.17) is 9.47 Å². The van der Waals surface area contributed by atoms with Crippen LogP contribution in [0.4, 0.5) is 5.69 Å². The van der Waals surface area contributed by atoms with Crippen molar-refractivity contribution in [3.8, 4) is 0 Å². The first-order chi connectivity index (χ1) is 10.2. The van der Waals surface area contributed by atoms with E-state index in [9.17, 15) is 4.79 Å². The van der Waals surface area contributed by atoms with Crippen molar-refractivity contribution < 1.29 is 14.3 Å². The van der Waals surface area contributed by atoms with Gasteiger partial charge in [-0.2, -0.15) is 0 Å². The molecule has 21 heavy (non-hydrogen) atoms. The van der Waals surface area contributed by atoms with Gasteiger partial charge in [0.2, 0.25) is 5.91 Å². The van der Waals surface area contributed by atoms with Crippen molar-refractivity contribution in [2.75, 3.05) is 32.2 Å². The van der Waals surface area contributed by atoms with Gasteiger partial charge in [-0.1, -0.05) is 18.2 Å². The van der Waals surface area contributed by atoms with E-state index in [2.05, 4.69) is 16.7 Å². The molecule has 114 valence electrons. The number of carbonyl (C=O) groups excluding carboxylic acids is 1. The first-order valence-electron chi connectivity index (χ1n) is 7.47. The molecular formula is C16H22N2O3. The zero-order chi connectivity index (χ0) is 14.7. The van der Waals surface area contributed by atoms with Crippen LogP contribution in [-0.4, -0.2) is 44.4 Å². The number of hydrogen-bond donors (Lipinski definition) is 2. The van der Waals surface area contributed by atoms with Gasteiger partial charge in [-0.05, 0) is 24.5 Å². The van der Waals surface area contributed by atoms with Gasteiger partial charge >= 0.3 is 0 Å². The van der Waals surface area contributed by atoms with Gasteiger partial charge in [-0.25, -0.2) is 0 Å². The summed E-state index contributed by atoms with van der Waals surface area (Å²) in [5.74, 6) is 0.0325. The highest BCUT2D eigenvalue weighted by atomic mass is 16.5. The molecule has 0 spiro atoms. The Bertz CT molecular complexity index is 512. The maximum absolute atomic E-state index is 12.3. The molecule has 2 aliphatic heterocycles. The summed E-state index contributed by atoms with van der Waals surface area (Å²) >= 11 is 0. The molecule has 2 unspecified atom stereocenters. The molecule has 1 aromatic rings. The number of ether oxygens (including phenoxy) is 2. The average molecular weight is 290 g/mol. The van der Waals surface area contributed by atoms with E-state index in [1.165, 1.54) is 5.56 Å². The molecule has 2 N–H and O–H groups in total. The molecule has 1 saturated heterocycles. The van der Waals surface area contributed by atoms with Gasteiger partial charge in [0.15, 0.2) is 0 Å². The van der Waals surface area contributed by atoms with Crippen molar-refractivity contribution in [3.05, 3.63) is 29.8 Å². The number of carbonyl (C=O) groups is 1. The van der Waals surface area contributed by atoms with Gasteiger partial charge in [0, 0.05) is 32.4 Å². The molecule has 1 aromatic carbocycles. The van der Waals surface area contributed by atoms with E-state index in [1.54, 1.807) is 7.11 Å². The summed E-state index contributed by atoms with van der Waals surface area (Å²) in [6.07, 6.45) is 2.55. The standard InChI is InChI=1S/C16H22N2O3/c1-20-16(8-9-21-11-16)10-17-14-7-6-12-4-2-3-5-13(12)18-15(14)19/h2-5,14,17H,6-11H2,1H3,(H,18,19). The molecule has 1 amide bonds. The molecule has 1 fully saturated rings. The third-order valence-corrected chi connectivity index (χ3v) is 4.46. The van der Waals surface area contributed by atoms with Crippen LogP contribution in [0, 0.1) is 0 Å². The Kier molecular flexibility index (Phi) is 4.24. The Labute approximate surface area is 125 Å². The van der Waals surface area contributed by atoms with Crippen LogP contribution in [0.3, 0.4) is 0 Å². The molecule has 3 rings (SSSR count). The molecule has 0 saturated carbocycles. The Morgan fingerprint density at radius 1 is 1.48 bits per heavy atom. The quantitative estimate of drug-likeness (QED) is 0.878. The number of nitrogens with one attached hydrogen (secondary N) is 2. The minimum absolute atomic E-state index is 0.0325. The summed E-state index contributed by atoms with van der Waals surface area (Å²) in [7, 11) is 1.71. The molecule has 0 radical (unpaired) electrons. The molecule has 0 aromatic heterocycles. The lowest BCUT2D eigenvalue weighted by Gasteiger charge is -2.28. The zero-order valence-electron chi connectivity index (χ0n) is 12.4. The zero-order valence-corrected chi connectivity index (χ0v) is 12.4. The maximum Gasteiger partial charge on any atom is 0.241 e. The summed E-state index contributed by atoms with van der Waals surface area (Å²) in [5, 5.41) is 6.37. The summed E-state index contributed by atoms with van der Waals surface area (Å²) in [5.41, 5.74) is 1.83. The van der Waals surface area contributed by atoms with Crippen molar-refractivity contribution >= 4 is 11.6 Å². The molecule has 5 heteroatoms. The minimum Gasteiger partial charge on any atom is -0.378 e. The van der Waals surface area contributed by atoms with Crippen molar-refractivity contribution in [1.29, 1.82) is 0 Å². The van der Waals surface area contributed by atoms with Crippen molar-refractivity contribution in [2.45, 2.75) is 30.9 Å². The maximum atomic E-state index is 12.3. The van der Waals surface area contributed by atoms with Gasteiger partial charge in [0.25, 0.3) is 0 Å². The number of hydrogen-bond acceptors (Lipinski definition) is 4. The lowest BCUT2D eigenvalue weighted by atomic mass is 10.0. The number of methoxy groups -OCH3 is 1. The van der Waals surface area contributed by atoms with Gasteiger partial charge in [0.05, 0.1) is 12.6 Å². The highest BCUT2D eigenvalue weighted by molar-refractivity contribution is 5.96. The third-order valence-electron chi connectivity index (χ3n) is 4.46. The Hall–Kier alpha value is -1.43. The van der Waals surface area contributed by atoms with Gasteiger partial charge in [-0.15, -0.1) is 0 Å². The number of fused-ring (bicyclic) bond motifs is 1. The predicted molar refractivity (Wildman–Crippen MR) is 80.4 cm³/mol. The molecule has 2 heterocycles. The summed E-state index contributed by atoms with van der Waals surface area (Å²) < 4.78 is 11.0. The van der Waals surface area contributed by atoms with Crippen molar-refractivity contribution in [3.63, 3.8) is 0 Å². The van der Waals surface area contributed by atoms with E-state index < -0.39 is 0 Å². The Balaban J connectivity index is 1.63. The number of para-hydroxylation sites is 1. The number of benzene rings is 1. The SMILES string of the molecule is COC1(CNC2CCc3ccccc3NC2=O)CCOC1. The second-order valence-electron chi connectivity index (χ2n) is 5.81.